The minimum atomic E-state index is 0.662. The summed E-state index contributed by atoms with van der Waals surface area (Å²) >= 11 is 1.66. The minimum Gasteiger partial charge on any atom is -0.497 e. The van der Waals surface area contributed by atoms with E-state index >= 15 is 0 Å². The van der Waals surface area contributed by atoms with E-state index < -0.39 is 0 Å². The van der Waals surface area contributed by atoms with Crippen LogP contribution in [0.15, 0.2) is 89.2 Å². The fourth-order valence-corrected chi connectivity index (χ4v) is 3.98. The number of nitrogens with zero attached hydrogens (tertiary/aromatic N) is 2. The summed E-state index contributed by atoms with van der Waals surface area (Å²) in [6.45, 7) is 2.77. The van der Waals surface area contributed by atoms with Crippen LogP contribution in [0.25, 0.3) is 16.9 Å². The first-order chi connectivity index (χ1) is 13.7. The molecular weight excluding hydrogens is 364 g/mol. The summed E-state index contributed by atoms with van der Waals surface area (Å²) in [6, 6.07) is 27.1. The van der Waals surface area contributed by atoms with Crippen LogP contribution in [0.4, 0.5) is 0 Å². The molecule has 0 bridgehead atoms. The summed E-state index contributed by atoms with van der Waals surface area (Å²) in [6.07, 6.45) is 0. The molecule has 0 radical (unpaired) electrons. The van der Waals surface area contributed by atoms with Crippen LogP contribution in [0.2, 0.25) is 0 Å². The van der Waals surface area contributed by atoms with Gasteiger partial charge in [0.15, 0.2) is 4.80 Å². The summed E-state index contributed by atoms with van der Waals surface area (Å²) in [5.41, 5.74) is 5.83. The van der Waals surface area contributed by atoms with Crippen LogP contribution in [0, 0.1) is 6.92 Å². The van der Waals surface area contributed by atoms with Crippen molar-refractivity contribution in [1.82, 2.24) is 4.57 Å². The highest BCUT2D eigenvalue weighted by Gasteiger charge is 2.10. The highest BCUT2D eigenvalue weighted by atomic mass is 32.1. The van der Waals surface area contributed by atoms with Crippen molar-refractivity contribution in [2.24, 2.45) is 4.99 Å². The second-order valence-corrected chi connectivity index (χ2v) is 7.44. The van der Waals surface area contributed by atoms with Gasteiger partial charge in [-0.3, -0.25) is 9.56 Å². The zero-order valence-corrected chi connectivity index (χ0v) is 16.8. The van der Waals surface area contributed by atoms with Crippen molar-refractivity contribution in [2.45, 2.75) is 13.5 Å². The van der Waals surface area contributed by atoms with Crippen LogP contribution < -0.4 is 9.54 Å². The number of methoxy groups -OCH3 is 1. The first-order valence-electron chi connectivity index (χ1n) is 9.21. The average Bonchev–Trinajstić information content (AvgIpc) is 3.17. The maximum atomic E-state index is 5.30. The van der Waals surface area contributed by atoms with Gasteiger partial charge in [0.05, 0.1) is 19.3 Å². The Balaban J connectivity index is 1.82. The summed E-state index contributed by atoms with van der Waals surface area (Å²) in [5.74, 6) is 0.856. The molecule has 4 aromatic rings. The molecule has 0 atom stereocenters. The molecule has 3 nitrogen and oxygen atoms in total. The normalized spacial score (nSPS) is 11.6. The Kier molecular flexibility index (Phi) is 5.40. The highest BCUT2D eigenvalue weighted by Crippen LogP contribution is 2.25. The van der Waals surface area contributed by atoms with E-state index in [9.17, 15) is 0 Å². The lowest BCUT2D eigenvalue weighted by molar-refractivity contribution is 0.415. The van der Waals surface area contributed by atoms with E-state index in [1.807, 2.05) is 18.2 Å². The van der Waals surface area contributed by atoms with E-state index in [-0.39, 0.29) is 0 Å². The molecule has 4 heteroatoms. The van der Waals surface area contributed by atoms with Crippen molar-refractivity contribution >= 4 is 11.3 Å². The van der Waals surface area contributed by atoms with Crippen molar-refractivity contribution in [3.63, 3.8) is 0 Å². The monoisotopic (exact) mass is 386 g/mol. The molecule has 0 saturated heterocycles. The average molecular weight is 387 g/mol. The highest BCUT2D eigenvalue weighted by molar-refractivity contribution is 7.07. The maximum Gasteiger partial charge on any atom is 0.190 e. The fraction of sp³-hybridized carbons (Fsp3) is 0.125. The van der Waals surface area contributed by atoms with E-state index in [4.69, 9.17) is 9.73 Å². The van der Waals surface area contributed by atoms with Gasteiger partial charge in [0.25, 0.3) is 0 Å². The lowest BCUT2D eigenvalue weighted by atomic mass is 10.1. The molecule has 1 aromatic heterocycles. The molecule has 0 saturated carbocycles. The van der Waals surface area contributed by atoms with E-state index in [0.717, 1.165) is 27.5 Å². The lowest BCUT2D eigenvalue weighted by Crippen LogP contribution is -2.14. The number of hydrogen-bond acceptors (Lipinski definition) is 3. The molecule has 0 aliphatic carbocycles. The van der Waals surface area contributed by atoms with Crippen LogP contribution in [0.5, 0.6) is 5.75 Å². The van der Waals surface area contributed by atoms with Crippen molar-refractivity contribution < 1.29 is 4.74 Å². The van der Waals surface area contributed by atoms with Crippen molar-refractivity contribution in [1.29, 1.82) is 0 Å². The smallest absolute Gasteiger partial charge is 0.190 e. The van der Waals surface area contributed by atoms with Crippen LogP contribution in [0.1, 0.15) is 11.1 Å². The van der Waals surface area contributed by atoms with Gasteiger partial charge in [0, 0.05) is 11.1 Å². The van der Waals surface area contributed by atoms with Crippen LogP contribution in [0.3, 0.4) is 0 Å². The summed E-state index contributed by atoms with van der Waals surface area (Å²) in [5, 5.41) is 2.17. The molecule has 0 N–H and O–H groups in total. The molecule has 1 heterocycles. The molecule has 0 aliphatic heterocycles. The van der Waals surface area contributed by atoms with Gasteiger partial charge >= 0.3 is 0 Å². The van der Waals surface area contributed by atoms with Gasteiger partial charge in [-0.1, -0.05) is 48.0 Å². The van der Waals surface area contributed by atoms with Gasteiger partial charge in [0.2, 0.25) is 0 Å². The number of benzene rings is 3. The molecule has 3 aromatic carbocycles. The third-order valence-corrected chi connectivity index (χ3v) is 5.49. The standard InChI is InChI=1S/C24H22N2OS/c1-18-8-12-21(13-9-18)26-23(20-10-14-22(27-2)15-11-20)17-28-24(26)25-16-19-6-4-3-5-7-19/h3-15,17H,16H2,1-2H3. The number of aryl methyl sites for hydroxylation is 1. The van der Waals surface area contributed by atoms with Gasteiger partial charge in [-0.25, -0.2) is 0 Å². The molecule has 140 valence electrons. The number of rotatable bonds is 5. The summed E-state index contributed by atoms with van der Waals surface area (Å²) in [4.78, 5) is 5.90. The fourth-order valence-electron chi connectivity index (χ4n) is 3.07. The number of ether oxygens (including phenoxy) is 1. The SMILES string of the molecule is COc1ccc(-c2csc(=NCc3ccccc3)n2-c2ccc(C)cc2)cc1. The second kappa shape index (κ2) is 8.28. The Bertz CT molecular complexity index is 1110. The van der Waals surface area contributed by atoms with Gasteiger partial charge in [-0.15, -0.1) is 11.3 Å². The molecule has 0 aliphatic rings. The van der Waals surface area contributed by atoms with Gasteiger partial charge in [0.1, 0.15) is 5.75 Å². The lowest BCUT2D eigenvalue weighted by Gasteiger charge is -2.10. The van der Waals surface area contributed by atoms with E-state index in [1.54, 1.807) is 18.4 Å². The quantitative estimate of drug-likeness (QED) is 0.437. The van der Waals surface area contributed by atoms with Crippen molar-refractivity contribution in [2.75, 3.05) is 7.11 Å². The zero-order chi connectivity index (χ0) is 19.3. The molecule has 0 amide bonds. The van der Waals surface area contributed by atoms with Crippen molar-refractivity contribution in [3.05, 3.63) is 100 Å². The number of aromatic nitrogens is 1. The van der Waals surface area contributed by atoms with Crippen LogP contribution in [-0.4, -0.2) is 11.7 Å². The summed E-state index contributed by atoms with van der Waals surface area (Å²) in [7, 11) is 1.69. The first-order valence-corrected chi connectivity index (χ1v) is 10.1. The Morgan fingerprint density at radius 1 is 0.893 bits per heavy atom. The third-order valence-electron chi connectivity index (χ3n) is 4.63. The Labute approximate surface area is 169 Å². The summed E-state index contributed by atoms with van der Waals surface area (Å²) < 4.78 is 7.53. The van der Waals surface area contributed by atoms with Gasteiger partial charge in [-0.05, 0) is 54.4 Å². The maximum absolute atomic E-state index is 5.30. The third kappa shape index (κ3) is 3.92. The number of thiazole rings is 1. The van der Waals surface area contributed by atoms with E-state index in [1.165, 1.54) is 11.1 Å². The zero-order valence-electron chi connectivity index (χ0n) is 16.0. The topological polar surface area (TPSA) is 26.5 Å². The molecule has 4 rings (SSSR count). The Morgan fingerprint density at radius 2 is 1.61 bits per heavy atom. The number of hydrogen-bond donors (Lipinski definition) is 0. The molecular formula is C24H22N2OS. The first kappa shape index (κ1) is 18.3. The van der Waals surface area contributed by atoms with Gasteiger partial charge < -0.3 is 4.74 Å². The Hall–Kier alpha value is -3.11. The molecule has 0 fully saturated rings. The molecule has 0 spiro atoms. The Morgan fingerprint density at radius 3 is 2.29 bits per heavy atom. The van der Waals surface area contributed by atoms with Crippen LogP contribution >= 0.6 is 11.3 Å². The largest absolute Gasteiger partial charge is 0.497 e. The van der Waals surface area contributed by atoms with E-state index in [2.05, 4.69) is 77.5 Å². The predicted molar refractivity (Wildman–Crippen MR) is 116 cm³/mol. The molecule has 28 heavy (non-hydrogen) atoms. The predicted octanol–water partition coefficient (Wildman–Crippen LogP) is 5.62. The van der Waals surface area contributed by atoms with E-state index in [0.29, 0.717) is 6.54 Å². The molecule has 0 unspecified atom stereocenters. The van der Waals surface area contributed by atoms with Gasteiger partial charge in [-0.2, -0.15) is 0 Å². The van der Waals surface area contributed by atoms with Crippen LogP contribution in [-0.2, 0) is 6.54 Å². The van der Waals surface area contributed by atoms with Crippen molar-refractivity contribution in [3.8, 4) is 22.7 Å². The minimum absolute atomic E-state index is 0.662. The second-order valence-electron chi connectivity index (χ2n) is 6.60.